The number of hydrogen-bond donors (Lipinski definition) is 1. The van der Waals surface area contributed by atoms with E-state index in [-0.39, 0.29) is 6.03 Å². The first kappa shape index (κ1) is 15.9. The summed E-state index contributed by atoms with van der Waals surface area (Å²) in [5.74, 6) is 0.403. The Labute approximate surface area is 128 Å². The van der Waals surface area contributed by atoms with Crippen LogP contribution in [0.1, 0.15) is 63.0 Å². The van der Waals surface area contributed by atoms with Crippen molar-refractivity contribution < 1.29 is 4.79 Å². The lowest BCUT2D eigenvalue weighted by Gasteiger charge is -2.31. The van der Waals surface area contributed by atoms with Gasteiger partial charge in [0.25, 0.3) is 0 Å². The van der Waals surface area contributed by atoms with Crippen LogP contribution in [0.15, 0.2) is 18.2 Å². The number of hydrogen-bond acceptors (Lipinski definition) is 1. The molecule has 0 saturated heterocycles. The van der Waals surface area contributed by atoms with Crippen molar-refractivity contribution in [3.05, 3.63) is 29.3 Å². The number of nitrogens with zero attached hydrogens (tertiary/aromatic N) is 1. The van der Waals surface area contributed by atoms with E-state index < -0.39 is 0 Å². The predicted molar refractivity (Wildman–Crippen MR) is 88.9 cm³/mol. The third kappa shape index (κ3) is 3.78. The number of para-hydroxylation sites is 1. The van der Waals surface area contributed by atoms with Gasteiger partial charge in [-0.25, -0.2) is 4.79 Å². The van der Waals surface area contributed by atoms with Crippen molar-refractivity contribution in [3.63, 3.8) is 0 Å². The number of amides is 2. The summed E-state index contributed by atoms with van der Waals surface area (Å²) >= 11 is 0. The molecule has 1 aliphatic carbocycles. The summed E-state index contributed by atoms with van der Waals surface area (Å²) in [6.45, 7) is 6.38. The Morgan fingerprint density at radius 3 is 2.52 bits per heavy atom. The van der Waals surface area contributed by atoms with E-state index in [1.807, 2.05) is 11.9 Å². The van der Waals surface area contributed by atoms with E-state index in [0.717, 1.165) is 24.1 Å². The highest BCUT2D eigenvalue weighted by Crippen LogP contribution is 2.28. The Morgan fingerprint density at radius 2 is 1.90 bits per heavy atom. The van der Waals surface area contributed by atoms with Gasteiger partial charge in [0.1, 0.15) is 0 Å². The minimum Gasteiger partial charge on any atom is -0.325 e. The number of carbonyl (C=O) groups is 1. The molecule has 0 bridgehead atoms. The van der Waals surface area contributed by atoms with Crippen LogP contribution in [-0.4, -0.2) is 24.0 Å². The summed E-state index contributed by atoms with van der Waals surface area (Å²) in [5.41, 5.74) is 3.33. The second kappa shape index (κ2) is 6.97. The van der Waals surface area contributed by atoms with Gasteiger partial charge in [-0.05, 0) is 36.8 Å². The van der Waals surface area contributed by atoms with Gasteiger partial charge in [0.05, 0.1) is 0 Å². The largest absolute Gasteiger partial charge is 0.325 e. The van der Waals surface area contributed by atoms with Crippen molar-refractivity contribution in [1.82, 2.24) is 4.90 Å². The molecule has 0 radical (unpaired) electrons. The fourth-order valence-electron chi connectivity index (χ4n) is 3.17. The molecule has 0 aliphatic heterocycles. The molecule has 0 heterocycles. The van der Waals surface area contributed by atoms with Crippen LogP contribution >= 0.6 is 0 Å². The van der Waals surface area contributed by atoms with Gasteiger partial charge >= 0.3 is 6.03 Å². The van der Waals surface area contributed by atoms with Crippen LogP contribution < -0.4 is 5.32 Å². The first-order chi connectivity index (χ1) is 10.0. The molecule has 0 aromatic heterocycles. The van der Waals surface area contributed by atoms with Crippen LogP contribution in [0, 0.1) is 6.92 Å². The highest BCUT2D eigenvalue weighted by molar-refractivity contribution is 5.91. The summed E-state index contributed by atoms with van der Waals surface area (Å²) in [4.78, 5) is 14.5. The Balaban J connectivity index is 2.12. The SMILES string of the molecule is Cc1cccc(C(C)C)c1NC(=O)N(C)C1CCCCC1. The van der Waals surface area contributed by atoms with E-state index in [2.05, 4.69) is 44.3 Å². The van der Waals surface area contributed by atoms with E-state index in [1.165, 1.54) is 24.8 Å². The van der Waals surface area contributed by atoms with Crippen molar-refractivity contribution >= 4 is 11.7 Å². The molecule has 1 fully saturated rings. The van der Waals surface area contributed by atoms with Crippen LogP contribution in [0.5, 0.6) is 0 Å². The average molecular weight is 288 g/mol. The molecule has 0 unspecified atom stereocenters. The summed E-state index contributed by atoms with van der Waals surface area (Å²) in [5, 5.41) is 3.14. The van der Waals surface area contributed by atoms with Crippen molar-refractivity contribution in [2.75, 3.05) is 12.4 Å². The first-order valence-corrected chi connectivity index (χ1v) is 8.14. The second-order valence-corrected chi connectivity index (χ2v) is 6.53. The van der Waals surface area contributed by atoms with Gasteiger partial charge in [-0.1, -0.05) is 51.3 Å². The normalized spacial score (nSPS) is 16.0. The summed E-state index contributed by atoms with van der Waals surface area (Å²) in [6, 6.07) is 6.64. The lowest BCUT2D eigenvalue weighted by molar-refractivity contribution is 0.186. The van der Waals surface area contributed by atoms with E-state index >= 15 is 0 Å². The molecule has 0 atom stereocenters. The molecular formula is C18H28N2O. The first-order valence-electron chi connectivity index (χ1n) is 8.14. The van der Waals surface area contributed by atoms with Crippen molar-refractivity contribution in [2.24, 2.45) is 0 Å². The third-order valence-electron chi connectivity index (χ3n) is 4.60. The van der Waals surface area contributed by atoms with Gasteiger partial charge in [0.2, 0.25) is 0 Å². The highest BCUT2D eigenvalue weighted by Gasteiger charge is 2.23. The summed E-state index contributed by atoms with van der Waals surface area (Å²) in [7, 11) is 1.93. The number of benzene rings is 1. The van der Waals surface area contributed by atoms with Gasteiger partial charge in [0.15, 0.2) is 0 Å². The lowest BCUT2D eigenvalue weighted by atomic mass is 9.94. The van der Waals surface area contributed by atoms with Crippen molar-refractivity contribution in [3.8, 4) is 0 Å². The lowest BCUT2D eigenvalue weighted by Crippen LogP contribution is -2.41. The Bertz CT molecular complexity index is 490. The van der Waals surface area contributed by atoms with Crippen LogP contribution in [0.4, 0.5) is 10.5 Å². The Kier molecular flexibility index (Phi) is 5.27. The van der Waals surface area contributed by atoms with Gasteiger partial charge < -0.3 is 10.2 Å². The smallest absolute Gasteiger partial charge is 0.321 e. The highest BCUT2D eigenvalue weighted by atomic mass is 16.2. The number of nitrogens with one attached hydrogen (secondary N) is 1. The van der Waals surface area contributed by atoms with E-state index in [1.54, 1.807) is 0 Å². The summed E-state index contributed by atoms with van der Waals surface area (Å²) < 4.78 is 0. The molecule has 116 valence electrons. The van der Waals surface area contributed by atoms with Crippen molar-refractivity contribution in [2.45, 2.75) is 64.8 Å². The maximum Gasteiger partial charge on any atom is 0.321 e. The van der Waals surface area contributed by atoms with E-state index in [0.29, 0.717) is 12.0 Å². The van der Waals surface area contributed by atoms with Gasteiger partial charge in [-0.2, -0.15) is 0 Å². The molecule has 0 spiro atoms. The van der Waals surface area contributed by atoms with Crippen LogP contribution in [0.2, 0.25) is 0 Å². The van der Waals surface area contributed by atoms with Crippen molar-refractivity contribution in [1.29, 1.82) is 0 Å². The zero-order chi connectivity index (χ0) is 15.4. The number of anilines is 1. The third-order valence-corrected chi connectivity index (χ3v) is 4.60. The zero-order valence-electron chi connectivity index (χ0n) is 13.8. The number of carbonyl (C=O) groups excluding carboxylic acids is 1. The number of aryl methyl sites for hydroxylation is 1. The molecule has 2 rings (SSSR count). The number of rotatable bonds is 3. The summed E-state index contributed by atoms with van der Waals surface area (Å²) in [6.07, 6.45) is 6.05. The quantitative estimate of drug-likeness (QED) is 0.841. The predicted octanol–water partition coefficient (Wildman–Crippen LogP) is 4.91. The molecule has 1 N–H and O–H groups in total. The molecule has 1 aromatic rings. The molecule has 2 amide bonds. The minimum absolute atomic E-state index is 0.0260. The van der Waals surface area contributed by atoms with Gasteiger partial charge in [-0.3, -0.25) is 0 Å². The topological polar surface area (TPSA) is 32.3 Å². The molecule has 3 heteroatoms. The molecule has 3 nitrogen and oxygen atoms in total. The van der Waals surface area contributed by atoms with Gasteiger partial charge in [0, 0.05) is 18.8 Å². The molecule has 21 heavy (non-hydrogen) atoms. The Morgan fingerprint density at radius 1 is 1.24 bits per heavy atom. The average Bonchev–Trinajstić information content (AvgIpc) is 2.49. The van der Waals surface area contributed by atoms with Gasteiger partial charge in [-0.15, -0.1) is 0 Å². The maximum atomic E-state index is 12.6. The minimum atomic E-state index is 0.0260. The fraction of sp³-hybridized carbons (Fsp3) is 0.611. The standard InChI is InChI=1S/C18H28N2O/c1-13(2)16-12-8-9-14(3)17(16)19-18(21)20(4)15-10-6-5-7-11-15/h8-9,12-13,15H,5-7,10-11H2,1-4H3,(H,19,21). The van der Waals surface area contributed by atoms with Crippen LogP contribution in [0.25, 0.3) is 0 Å². The maximum absolute atomic E-state index is 12.6. The Hall–Kier alpha value is -1.51. The van der Waals surface area contributed by atoms with E-state index in [4.69, 9.17) is 0 Å². The zero-order valence-corrected chi connectivity index (χ0v) is 13.8. The monoisotopic (exact) mass is 288 g/mol. The molecular weight excluding hydrogens is 260 g/mol. The molecule has 1 saturated carbocycles. The van der Waals surface area contributed by atoms with E-state index in [9.17, 15) is 4.79 Å². The van der Waals surface area contributed by atoms with Crippen LogP contribution in [0.3, 0.4) is 0 Å². The number of urea groups is 1. The second-order valence-electron chi connectivity index (χ2n) is 6.53. The molecule has 1 aliphatic rings. The fourth-order valence-corrected chi connectivity index (χ4v) is 3.17. The van der Waals surface area contributed by atoms with Crippen LogP contribution in [-0.2, 0) is 0 Å². The molecule has 1 aromatic carbocycles.